The topological polar surface area (TPSA) is 96.0 Å². The van der Waals surface area contributed by atoms with Gasteiger partial charge in [0.2, 0.25) is 11.8 Å². The number of carbonyl (C=O) groups is 2. The molecule has 2 amide bonds. The number of nitrogens with one attached hydrogen (secondary N) is 1. The highest BCUT2D eigenvalue weighted by Gasteiger charge is 2.33. The molecule has 0 heterocycles. The van der Waals surface area contributed by atoms with Gasteiger partial charge in [-0.05, 0) is 67.8 Å². The molecule has 0 saturated heterocycles. The van der Waals surface area contributed by atoms with Crippen molar-refractivity contribution in [3.8, 4) is 5.75 Å². The van der Waals surface area contributed by atoms with Crippen LogP contribution in [-0.4, -0.2) is 51.4 Å². The van der Waals surface area contributed by atoms with Crippen molar-refractivity contribution in [1.82, 2.24) is 10.2 Å². The van der Waals surface area contributed by atoms with Crippen LogP contribution < -0.4 is 14.4 Å². The van der Waals surface area contributed by atoms with Crippen molar-refractivity contribution < 1.29 is 22.7 Å². The van der Waals surface area contributed by atoms with E-state index in [1.54, 1.807) is 60.7 Å². The number of sulfonamides is 1. The minimum Gasteiger partial charge on any atom is -0.497 e. The number of carbonyl (C=O) groups excluding carboxylic acids is 2. The van der Waals surface area contributed by atoms with Crippen molar-refractivity contribution in [3.05, 3.63) is 88.9 Å². The average molecular weight is 586 g/mol. The molecule has 3 aromatic carbocycles. The third-order valence-corrected chi connectivity index (χ3v) is 8.64. The zero-order valence-electron chi connectivity index (χ0n) is 23.3. The summed E-state index contributed by atoms with van der Waals surface area (Å²) < 4.78 is 34.1. The second kappa shape index (κ2) is 14.2. The number of hydrogen-bond donors (Lipinski definition) is 1. The smallest absolute Gasteiger partial charge is 0.264 e. The minimum absolute atomic E-state index is 0.0393. The molecule has 0 aliphatic rings. The van der Waals surface area contributed by atoms with Gasteiger partial charge in [0.05, 0.1) is 17.7 Å². The lowest BCUT2D eigenvalue weighted by atomic mass is 10.1. The van der Waals surface area contributed by atoms with Crippen LogP contribution in [0.4, 0.5) is 5.69 Å². The highest BCUT2D eigenvalue weighted by Crippen LogP contribution is 2.27. The molecule has 0 radical (unpaired) electrons. The standard InChI is InChI=1S/C30H36ClN3O5S/c1-5-19-32-30(36)28(6-2)33(20-23-9-7-8-10-27(23)31)29(35)21-34(24-13-15-25(39-4)16-14-24)40(37,38)26-17-11-22(3)12-18-26/h7-18,28H,5-6,19-21H2,1-4H3,(H,32,36)/t28-/m1/s1. The quantitative estimate of drug-likeness (QED) is 0.298. The molecule has 0 unspecified atom stereocenters. The van der Waals surface area contributed by atoms with E-state index in [-0.39, 0.29) is 23.0 Å². The fourth-order valence-corrected chi connectivity index (χ4v) is 5.82. The third-order valence-electron chi connectivity index (χ3n) is 6.48. The first-order chi connectivity index (χ1) is 19.1. The Hall–Kier alpha value is -3.56. The van der Waals surface area contributed by atoms with Crippen molar-refractivity contribution in [2.75, 3.05) is 24.5 Å². The van der Waals surface area contributed by atoms with Gasteiger partial charge in [-0.15, -0.1) is 0 Å². The van der Waals surface area contributed by atoms with Crippen LogP contribution in [0.15, 0.2) is 77.7 Å². The van der Waals surface area contributed by atoms with Crippen molar-refractivity contribution in [3.63, 3.8) is 0 Å². The minimum atomic E-state index is -4.15. The van der Waals surface area contributed by atoms with Crippen LogP contribution >= 0.6 is 11.6 Å². The molecule has 0 saturated carbocycles. The molecule has 0 bridgehead atoms. The van der Waals surface area contributed by atoms with Crippen LogP contribution in [0.5, 0.6) is 5.75 Å². The Morgan fingerprint density at radius 1 is 0.975 bits per heavy atom. The first-order valence-electron chi connectivity index (χ1n) is 13.2. The Balaban J connectivity index is 2.06. The average Bonchev–Trinajstić information content (AvgIpc) is 2.95. The monoisotopic (exact) mass is 585 g/mol. The molecule has 8 nitrogen and oxygen atoms in total. The number of benzene rings is 3. The zero-order chi connectivity index (χ0) is 29.3. The Labute approximate surface area is 241 Å². The fourth-order valence-electron chi connectivity index (χ4n) is 4.21. The molecule has 0 aromatic heterocycles. The molecule has 40 heavy (non-hydrogen) atoms. The summed E-state index contributed by atoms with van der Waals surface area (Å²) in [4.78, 5) is 28.7. The molecule has 3 aromatic rings. The summed E-state index contributed by atoms with van der Waals surface area (Å²) >= 11 is 6.42. The number of halogens is 1. The summed E-state index contributed by atoms with van der Waals surface area (Å²) in [6.07, 6.45) is 1.07. The van der Waals surface area contributed by atoms with E-state index in [4.69, 9.17) is 16.3 Å². The molecule has 0 aliphatic carbocycles. The number of aryl methyl sites for hydroxylation is 1. The van der Waals surface area contributed by atoms with E-state index in [9.17, 15) is 18.0 Å². The van der Waals surface area contributed by atoms with Crippen molar-refractivity contribution in [2.24, 2.45) is 0 Å². The summed E-state index contributed by atoms with van der Waals surface area (Å²) in [5.74, 6) is -0.297. The predicted octanol–water partition coefficient (Wildman–Crippen LogP) is 5.19. The molecule has 1 atom stereocenters. The van der Waals surface area contributed by atoms with Gasteiger partial charge in [0, 0.05) is 18.1 Å². The molecule has 1 N–H and O–H groups in total. The van der Waals surface area contributed by atoms with Crippen molar-refractivity contribution >= 4 is 39.1 Å². The molecule has 214 valence electrons. The maximum absolute atomic E-state index is 14.0. The van der Waals surface area contributed by atoms with Crippen molar-refractivity contribution in [2.45, 2.75) is 51.1 Å². The number of rotatable bonds is 13. The predicted molar refractivity (Wildman–Crippen MR) is 158 cm³/mol. The van der Waals surface area contributed by atoms with Crippen molar-refractivity contribution in [1.29, 1.82) is 0 Å². The lowest BCUT2D eigenvalue weighted by Gasteiger charge is -2.33. The zero-order valence-corrected chi connectivity index (χ0v) is 24.8. The van der Waals surface area contributed by atoms with E-state index in [0.29, 0.717) is 29.3 Å². The summed E-state index contributed by atoms with van der Waals surface area (Å²) in [6.45, 7) is 5.59. The van der Waals surface area contributed by atoms with E-state index in [2.05, 4.69) is 5.32 Å². The Kier molecular flexibility index (Phi) is 11.0. The molecule has 0 spiro atoms. The summed E-state index contributed by atoms with van der Waals surface area (Å²) in [7, 11) is -2.63. The third kappa shape index (κ3) is 7.55. The van der Waals surface area contributed by atoms with E-state index in [1.807, 2.05) is 20.8 Å². The number of methoxy groups -OCH3 is 1. The maximum Gasteiger partial charge on any atom is 0.264 e. The first-order valence-corrected chi connectivity index (χ1v) is 15.0. The lowest BCUT2D eigenvalue weighted by molar-refractivity contribution is -0.140. The van der Waals surface area contributed by atoms with Gasteiger partial charge >= 0.3 is 0 Å². The molecule has 0 aliphatic heterocycles. The summed E-state index contributed by atoms with van der Waals surface area (Å²) in [6, 6.07) is 19.1. The van der Waals surface area contributed by atoms with Gasteiger partial charge in [-0.2, -0.15) is 0 Å². The van der Waals surface area contributed by atoms with Crippen LogP contribution in [0.2, 0.25) is 5.02 Å². The first kappa shape index (κ1) is 31.0. The highest BCUT2D eigenvalue weighted by molar-refractivity contribution is 7.92. The van der Waals surface area contributed by atoms with Crippen LogP contribution in [0, 0.1) is 6.92 Å². The maximum atomic E-state index is 14.0. The number of hydrogen-bond acceptors (Lipinski definition) is 5. The molecule has 0 fully saturated rings. The van der Waals surface area contributed by atoms with E-state index < -0.39 is 28.5 Å². The van der Waals surface area contributed by atoms with E-state index in [0.717, 1.165) is 16.3 Å². The Bertz CT molecular complexity index is 1400. The number of ether oxygens (including phenoxy) is 1. The van der Waals surface area contributed by atoms with Crippen LogP contribution in [-0.2, 0) is 26.2 Å². The van der Waals surface area contributed by atoms with E-state index in [1.165, 1.54) is 24.1 Å². The van der Waals surface area contributed by atoms with Gasteiger partial charge in [0.25, 0.3) is 10.0 Å². The van der Waals surface area contributed by atoms with Crippen LogP contribution in [0.1, 0.15) is 37.8 Å². The van der Waals surface area contributed by atoms with Gasteiger partial charge in [-0.1, -0.05) is 61.3 Å². The van der Waals surface area contributed by atoms with Crippen LogP contribution in [0.25, 0.3) is 0 Å². The lowest BCUT2D eigenvalue weighted by Crippen LogP contribution is -2.52. The molecular weight excluding hydrogens is 550 g/mol. The summed E-state index contributed by atoms with van der Waals surface area (Å²) in [5.41, 5.74) is 1.84. The molecular formula is C30H36ClN3O5S. The second-order valence-electron chi connectivity index (χ2n) is 9.35. The van der Waals surface area contributed by atoms with Gasteiger partial charge < -0.3 is 15.0 Å². The number of amides is 2. The van der Waals surface area contributed by atoms with Gasteiger partial charge in [-0.25, -0.2) is 8.42 Å². The second-order valence-corrected chi connectivity index (χ2v) is 11.6. The van der Waals surface area contributed by atoms with Crippen LogP contribution in [0.3, 0.4) is 0 Å². The van der Waals surface area contributed by atoms with E-state index >= 15 is 0 Å². The molecule has 10 heteroatoms. The fraction of sp³-hybridized carbons (Fsp3) is 0.333. The number of anilines is 1. The molecule has 3 rings (SSSR count). The van der Waals surface area contributed by atoms with Gasteiger partial charge in [-0.3, -0.25) is 13.9 Å². The highest BCUT2D eigenvalue weighted by atomic mass is 35.5. The van der Waals surface area contributed by atoms with Gasteiger partial charge in [0.1, 0.15) is 18.3 Å². The number of nitrogens with zero attached hydrogens (tertiary/aromatic N) is 2. The summed E-state index contributed by atoms with van der Waals surface area (Å²) in [5, 5.41) is 3.31. The Morgan fingerprint density at radius 3 is 2.20 bits per heavy atom. The normalized spacial score (nSPS) is 11.9. The largest absolute Gasteiger partial charge is 0.497 e. The Morgan fingerprint density at radius 2 is 1.62 bits per heavy atom. The SMILES string of the molecule is CCCNC(=O)[C@@H](CC)N(Cc1ccccc1Cl)C(=O)CN(c1ccc(OC)cc1)S(=O)(=O)c1ccc(C)cc1. The van der Waals surface area contributed by atoms with Gasteiger partial charge in [0.15, 0.2) is 0 Å².